The van der Waals surface area contributed by atoms with Gasteiger partial charge in [-0.1, -0.05) is 84.6 Å². The smallest absolute Gasteiger partial charge is 0.309 e. The van der Waals surface area contributed by atoms with Crippen LogP contribution in [0.15, 0.2) is 87.5 Å². The first-order valence-electron chi connectivity index (χ1n) is 10.3. The molecule has 7 heteroatoms. The second kappa shape index (κ2) is 8.16. The van der Waals surface area contributed by atoms with Gasteiger partial charge in [-0.2, -0.15) is 0 Å². The summed E-state index contributed by atoms with van der Waals surface area (Å²) in [5, 5.41) is 3.12. The number of aryl methyl sites for hydroxylation is 1. The highest BCUT2D eigenvalue weighted by atomic mass is 32.2. The molecule has 0 atom stereocenters. The van der Waals surface area contributed by atoms with Gasteiger partial charge in [-0.15, -0.1) is 0 Å². The summed E-state index contributed by atoms with van der Waals surface area (Å²) in [6, 6.07) is 24.6. The van der Waals surface area contributed by atoms with Crippen LogP contribution in [0.1, 0.15) is 11.1 Å². The Balaban J connectivity index is 1.64. The third kappa shape index (κ3) is 3.44. The molecule has 0 aliphatic carbocycles. The summed E-state index contributed by atoms with van der Waals surface area (Å²) in [5.41, 5.74) is 2.41. The Kier molecular flexibility index (Phi) is 5.19. The summed E-state index contributed by atoms with van der Waals surface area (Å²) in [7, 11) is 3.16. The Hall–Kier alpha value is -3.58. The monoisotopic (exact) mass is 442 g/mol. The SMILES string of the molecule is Cn1c(=O)c2c(nc(SCc3cccc4ccccc34)n2Cc2ccccc2)n(C)c1=O. The number of hydrogen-bond acceptors (Lipinski definition) is 4. The minimum Gasteiger partial charge on any atom is -0.309 e. The van der Waals surface area contributed by atoms with Gasteiger partial charge >= 0.3 is 5.69 Å². The van der Waals surface area contributed by atoms with Crippen LogP contribution in [0.3, 0.4) is 0 Å². The molecule has 0 fully saturated rings. The maximum atomic E-state index is 13.1. The van der Waals surface area contributed by atoms with Crippen molar-refractivity contribution in [1.29, 1.82) is 0 Å². The predicted octanol–water partition coefficient (Wildman–Crippen LogP) is 3.93. The van der Waals surface area contributed by atoms with Crippen molar-refractivity contribution in [2.75, 3.05) is 0 Å². The zero-order valence-corrected chi connectivity index (χ0v) is 18.7. The minimum atomic E-state index is -0.377. The van der Waals surface area contributed by atoms with Gasteiger partial charge in [0, 0.05) is 19.8 Å². The molecule has 32 heavy (non-hydrogen) atoms. The molecular weight excluding hydrogens is 420 g/mol. The Bertz CT molecular complexity index is 1560. The van der Waals surface area contributed by atoms with Crippen molar-refractivity contribution in [3.8, 4) is 0 Å². The van der Waals surface area contributed by atoms with Crippen LogP contribution in [0.2, 0.25) is 0 Å². The van der Waals surface area contributed by atoms with Gasteiger partial charge in [0.25, 0.3) is 5.56 Å². The van der Waals surface area contributed by atoms with Crippen molar-refractivity contribution in [3.63, 3.8) is 0 Å². The molecule has 0 N–H and O–H groups in total. The van der Waals surface area contributed by atoms with Crippen LogP contribution in [0.5, 0.6) is 0 Å². The molecule has 160 valence electrons. The summed E-state index contributed by atoms with van der Waals surface area (Å²) >= 11 is 1.58. The number of thioether (sulfide) groups is 1. The van der Waals surface area contributed by atoms with E-state index in [1.54, 1.807) is 18.8 Å². The molecule has 0 aliphatic heterocycles. The van der Waals surface area contributed by atoms with E-state index in [2.05, 4.69) is 30.3 Å². The van der Waals surface area contributed by atoms with Crippen LogP contribution in [0.4, 0.5) is 0 Å². The predicted molar refractivity (Wildman–Crippen MR) is 129 cm³/mol. The number of rotatable bonds is 5. The van der Waals surface area contributed by atoms with E-state index in [1.807, 2.05) is 47.0 Å². The highest BCUT2D eigenvalue weighted by Gasteiger charge is 2.20. The number of benzene rings is 3. The Labute approximate surface area is 188 Å². The van der Waals surface area contributed by atoms with E-state index in [1.165, 1.54) is 28.0 Å². The summed E-state index contributed by atoms with van der Waals surface area (Å²) in [5.74, 6) is 0.702. The molecule has 0 radical (unpaired) electrons. The zero-order chi connectivity index (χ0) is 22.2. The number of hydrogen-bond donors (Lipinski definition) is 0. The molecular formula is C25H22N4O2S. The third-order valence-corrected chi connectivity index (χ3v) is 6.76. The first kappa shape index (κ1) is 20.3. The summed E-state index contributed by atoms with van der Waals surface area (Å²) in [6.45, 7) is 0.503. The van der Waals surface area contributed by atoms with Gasteiger partial charge in [0.2, 0.25) is 0 Å². The first-order chi connectivity index (χ1) is 15.5. The fourth-order valence-corrected chi connectivity index (χ4v) is 5.01. The van der Waals surface area contributed by atoms with Gasteiger partial charge < -0.3 is 4.57 Å². The average molecular weight is 443 g/mol. The second-order valence-electron chi connectivity index (χ2n) is 7.77. The third-order valence-electron chi connectivity index (χ3n) is 5.73. The normalized spacial score (nSPS) is 11.4. The molecule has 0 amide bonds. The first-order valence-corrected chi connectivity index (χ1v) is 11.3. The van der Waals surface area contributed by atoms with Crippen LogP contribution in [-0.2, 0) is 26.4 Å². The van der Waals surface area contributed by atoms with E-state index in [4.69, 9.17) is 4.98 Å². The molecule has 0 saturated heterocycles. The van der Waals surface area contributed by atoms with Crippen molar-refractivity contribution < 1.29 is 0 Å². The molecule has 2 heterocycles. The lowest BCUT2D eigenvalue weighted by molar-refractivity contribution is 0.696. The summed E-state index contributed by atoms with van der Waals surface area (Å²) in [4.78, 5) is 30.3. The van der Waals surface area contributed by atoms with E-state index in [0.29, 0.717) is 23.5 Å². The topological polar surface area (TPSA) is 61.8 Å². The Morgan fingerprint density at radius 2 is 1.56 bits per heavy atom. The van der Waals surface area contributed by atoms with E-state index >= 15 is 0 Å². The van der Waals surface area contributed by atoms with Crippen LogP contribution in [-0.4, -0.2) is 18.7 Å². The highest BCUT2D eigenvalue weighted by molar-refractivity contribution is 7.98. The van der Waals surface area contributed by atoms with E-state index in [0.717, 1.165) is 15.3 Å². The summed E-state index contributed by atoms with van der Waals surface area (Å²) < 4.78 is 4.52. The molecule has 2 aromatic heterocycles. The Morgan fingerprint density at radius 3 is 2.38 bits per heavy atom. The Morgan fingerprint density at radius 1 is 0.844 bits per heavy atom. The largest absolute Gasteiger partial charge is 0.332 e. The van der Waals surface area contributed by atoms with Gasteiger partial charge in [0.1, 0.15) is 0 Å². The quantitative estimate of drug-likeness (QED) is 0.387. The lowest BCUT2D eigenvalue weighted by atomic mass is 10.1. The van der Waals surface area contributed by atoms with Crippen molar-refractivity contribution in [1.82, 2.24) is 18.7 Å². The summed E-state index contributed by atoms with van der Waals surface area (Å²) in [6.07, 6.45) is 0. The van der Waals surface area contributed by atoms with Crippen molar-refractivity contribution in [3.05, 3.63) is 105 Å². The number of imidazole rings is 1. The molecule has 0 unspecified atom stereocenters. The van der Waals surface area contributed by atoms with E-state index in [9.17, 15) is 9.59 Å². The second-order valence-corrected chi connectivity index (χ2v) is 8.71. The fraction of sp³-hybridized carbons (Fsp3) is 0.160. The van der Waals surface area contributed by atoms with Crippen LogP contribution >= 0.6 is 11.8 Å². The molecule has 3 aromatic carbocycles. The van der Waals surface area contributed by atoms with E-state index < -0.39 is 0 Å². The van der Waals surface area contributed by atoms with Gasteiger partial charge in [-0.25, -0.2) is 9.78 Å². The number of fused-ring (bicyclic) bond motifs is 2. The van der Waals surface area contributed by atoms with Gasteiger partial charge in [-0.3, -0.25) is 13.9 Å². The average Bonchev–Trinajstić information content (AvgIpc) is 3.19. The van der Waals surface area contributed by atoms with Crippen molar-refractivity contribution in [2.45, 2.75) is 17.5 Å². The molecule has 0 saturated carbocycles. The molecule has 0 aliphatic rings. The maximum absolute atomic E-state index is 13.1. The molecule has 5 aromatic rings. The standard InChI is InChI=1S/C25H22N4O2S/c1-27-22-21(23(30)28(2)25(27)31)29(15-17-9-4-3-5-10-17)24(26-22)32-16-19-13-8-12-18-11-6-7-14-20(18)19/h3-14H,15-16H2,1-2H3. The molecule has 6 nitrogen and oxygen atoms in total. The minimum absolute atomic E-state index is 0.330. The van der Waals surface area contributed by atoms with Gasteiger partial charge in [-0.05, 0) is 21.9 Å². The fourth-order valence-electron chi connectivity index (χ4n) is 4.01. The van der Waals surface area contributed by atoms with Crippen LogP contribution < -0.4 is 11.2 Å². The van der Waals surface area contributed by atoms with E-state index in [-0.39, 0.29) is 11.2 Å². The maximum Gasteiger partial charge on any atom is 0.332 e. The van der Waals surface area contributed by atoms with Gasteiger partial charge in [0.05, 0.1) is 6.54 Å². The van der Waals surface area contributed by atoms with Crippen LogP contribution in [0.25, 0.3) is 21.9 Å². The van der Waals surface area contributed by atoms with Crippen molar-refractivity contribution >= 4 is 33.7 Å². The van der Waals surface area contributed by atoms with Crippen LogP contribution in [0, 0.1) is 0 Å². The van der Waals surface area contributed by atoms with Crippen molar-refractivity contribution in [2.24, 2.45) is 14.1 Å². The lowest BCUT2D eigenvalue weighted by Gasteiger charge is -2.10. The highest BCUT2D eigenvalue weighted by Crippen LogP contribution is 2.29. The van der Waals surface area contributed by atoms with Gasteiger partial charge in [0.15, 0.2) is 16.3 Å². The lowest BCUT2D eigenvalue weighted by Crippen LogP contribution is -2.37. The zero-order valence-electron chi connectivity index (χ0n) is 17.9. The number of aromatic nitrogens is 4. The number of nitrogens with zero attached hydrogens (tertiary/aromatic N) is 4. The molecule has 0 bridgehead atoms. The molecule has 5 rings (SSSR count). The molecule has 0 spiro atoms.